The molecule has 6 heteroatoms. The first-order valence-electron chi connectivity index (χ1n) is 7.12. The average Bonchev–Trinajstić information content (AvgIpc) is 3.05. The van der Waals surface area contributed by atoms with Gasteiger partial charge in [-0.2, -0.15) is 5.10 Å². The topological polar surface area (TPSA) is 56.7 Å². The Balaban J connectivity index is 1.64. The van der Waals surface area contributed by atoms with Crippen LogP contribution in [0.1, 0.15) is 28.4 Å². The molecule has 0 spiro atoms. The Morgan fingerprint density at radius 3 is 2.68 bits per heavy atom. The minimum absolute atomic E-state index is 0.512. The molecule has 5 nitrogen and oxygen atoms in total. The van der Waals surface area contributed by atoms with Crippen LogP contribution in [-0.4, -0.2) is 20.0 Å². The Morgan fingerprint density at radius 2 is 1.95 bits per heavy atom. The fraction of sp³-hybridized carbons (Fsp3) is 0.312. The molecule has 114 valence electrons. The minimum atomic E-state index is 0.512. The first-order valence-corrected chi connectivity index (χ1v) is 8.11. The van der Waals surface area contributed by atoms with Gasteiger partial charge >= 0.3 is 0 Å². The quantitative estimate of drug-likeness (QED) is 0.674. The molecule has 3 rings (SSSR count). The van der Waals surface area contributed by atoms with Crippen LogP contribution >= 0.6 is 11.8 Å². The third-order valence-electron chi connectivity index (χ3n) is 3.45. The van der Waals surface area contributed by atoms with Gasteiger partial charge in [-0.15, -0.1) is 10.2 Å². The van der Waals surface area contributed by atoms with E-state index in [1.807, 2.05) is 36.7 Å². The molecule has 0 unspecified atom stereocenters. The van der Waals surface area contributed by atoms with Gasteiger partial charge in [0.1, 0.15) is 6.54 Å². The van der Waals surface area contributed by atoms with Crippen LogP contribution in [0.2, 0.25) is 0 Å². The van der Waals surface area contributed by atoms with Crippen molar-refractivity contribution in [3.63, 3.8) is 0 Å². The van der Waals surface area contributed by atoms with Crippen LogP contribution in [0.3, 0.4) is 0 Å². The third-order valence-corrected chi connectivity index (χ3v) is 4.32. The molecule has 0 aliphatic rings. The molecule has 22 heavy (non-hydrogen) atoms. The lowest BCUT2D eigenvalue weighted by molar-refractivity contribution is 0.396. The van der Waals surface area contributed by atoms with Crippen LogP contribution in [0.15, 0.2) is 40.0 Å². The van der Waals surface area contributed by atoms with E-state index in [4.69, 9.17) is 4.42 Å². The van der Waals surface area contributed by atoms with Gasteiger partial charge in [0, 0.05) is 11.4 Å². The zero-order valence-electron chi connectivity index (χ0n) is 12.9. The minimum Gasteiger partial charge on any atom is -0.414 e. The number of rotatable bonds is 5. The van der Waals surface area contributed by atoms with E-state index in [9.17, 15) is 0 Å². The average molecular weight is 314 g/mol. The molecular weight excluding hydrogens is 296 g/mol. The predicted molar refractivity (Wildman–Crippen MR) is 85.8 cm³/mol. The molecule has 0 fully saturated rings. The monoisotopic (exact) mass is 314 g/mol. The highest BCUT2D eigenvalue weighted by Gasteiger charge is 2.10. The molecule has 0 aliphatic heterocycles. The highest BCUT2D eigenvalue weighted by atomic mass is 32.2. The van der Waals surface area contributed by atoms with Gasteiger partial charge in [0.05, 0.1) is 5.69 Å². The maximum absolute atomic E-state index is 5.69. The van der Waals surface area contributed by atoms with Gasteiger partial charge < -0.3 is 4.42 Å². The van der Waals surface area contributed by atoms with Crippen LogP contribution in [0.5, 0.6) is 0 Å². The van der Waals surface area contributed by atoms with E-state index in [0.717, 1.165) is 17.1 Å². The molecule has 0 aliphatic carbocycles. The Hall–Kier alpha value is -2.08. The highest BCUT2D eigenvalue weighted by Crippen LogP contribution is 2.23. The number of benzene rings is 1. The molecule has 0 atom stereocenters. The van der Waals surface area contributed by atoms with Gasteiger partial charge in [-0.05, 0) is 38.0 Å². The van der Waals surface area contributed by atoms with E-state index in [1.165, 1.54) is 11.1 Å². The first-order chi connectivity index (χ1) is 10.6. The Morgan fingerprint density at radius 1 is 1.14 bits per heavy atom. The second kappa shape index (κ2) is 6.36. The van der Waals surface area contributed by atoms with E-state index in [1.54, 1.807) is 11.8 Å². The number of hydrogen-bond acceptors (Lipinski definition) is 5. The van der Waals surface area contributed by atoms with Gasteiger partial charge in [-0.1, -0.05) is 36.0 Å². The normalized spacial score (nSPS) is 11.0. The summed E-state index contributed by atoms with van der Waals surface area (Å²) in [5.74, 6) is 1.41. The van der Waals surface area contributed by atoms with E-state index < -0.39 is 0 Å². The molecule has 0 amide bonds. The van der Waals surface area contributed by atoms with Gasteiger partial charge in [0.2, 0.25) is 5.89 Å². The summed E-state index contributed by atoms with van der Waals surface area (Å²) in [6, 6.07) is 10.4. The zero-order valence-corrected chi connectivity index (χ0v) is 13.7. The summed E-state index contributed by atoms with van der Waals surface area (Å²) in [7, 11) is 0. The van der Waals surface area contributed by atoms with E-state index in [0.29, 0.717) is 17.7 Å². The Kier molecular flexibility index (Phi) is 4.29. The molecule has 0 saturated carbocycles. The fourth-order valence-electron chi connectivity index (χ4n) is 2.24. The van der Waals surface area contributed by atoms with Crippen molar-refractivity contribution in [1.29, 1.82) is 0 Å². The summed E-state index contributed by atoms with van der Waals surface area (Å²) < 4.78 is 7.57. The molecule has 3 aromatic rings. The maximum atomic E-state index is 5.69. The fourth-order valence-corrected chi connectivity index (χ4v) is 3.09. The van der Waals surface area contributed by atoms with Gasteiger partial charge in [-0.3, -0.25) is 4.68 Å². The van der Waals surface area contributed by atoms with Crippen LogP contribution in [0, 0.1) is 20.8 Å². The van der Waals surface area contributed by atoms with Crippen molar-refractivity contribution < 1.29 is 4.42 Å². The van der Waals surface area contributed by atoms with Crippen LogP contribution in [-0.2, 0) is 12.3 Å². The standard InChI is InChI=1S/C16H18N4OS/c1-11-6-4-5-7-14(11)10-22-16-18-17-15(21-16)9-20-13(3)8-12(2)19-20/h4-8H,9-10H2,1-3H3. The van der Waals surface area contributed by atoms with Gasteiger partial charge in [0.15, 0.2) is 0 Å². The Bertz CT molecular complexity index is 778. The maximum Gasteiger partial charge on any atom is 0.276 e. The van der Waals surface area contributed by atoms with Gasteiger partial charge in [0.25, 0.3) is 5.22 Å². The first kappa shape index (κ1) is 14.8. The molecule has 0 saturated heterocycles. The molecule has 1 aromatic carbocycles. The molecule has 2 aromatic heterocycles. The molecule has 0 bridgehead atoms. The molecule has 2 heterocycles. The lowest BCUT2D eigenvalue weighted by atomic mass is 10.1. The molecule has 0 N–H and O–H groups in total. The van der Waals surface area contributed by atoms with Crippen molar-refractivity contribution >= 4 is 11.8 Å². The third kappa shape index (κ3) is 3.39. The Labute approximate surface area is 133 Å². The zero-order chi connectivity index (χ0) is 15.5. The van der Waals surface area contributed by atoms with Crippen molar-refractivity contribution in [2.24, 2.45) is 0 Å². The predicted octanol–water partition coefficient (Wildman–Crippen LogP) is 3.53. The van der Waals surface area contributed by atoms with Crippen molar-refractivity contribution in [3.8, 4) is 0 Å². The van der Waals surface area contributed by atoms with Crippen LogP contribution < -0.4 is 0 Å². The molecular formula is C16H18N4OS. The number of aromatic nitrogens is 4. The second-order valence-electron chi connectivity index (χ2n) is 5.26. The lowest BCUT2D eigenvalue weighted by Crippen LogP contribution is -2.04. The largest absolute Gasteiger partial charge is 0.414 e. The van der Waals surface area contributed by atoms with E-state index in [2.05, 4.69) is 34.4 Å². The molecule has 0 radical (unpaired) electrons. The smallest absolute Gasteiger partial charge is 0.276 e. The van der Waals surface area contributed by atoms with E-state index in [-0.39, 0.29) is 0 Å². The van der Waals surface area contributed by atoms with Gasteiger partial charge in [-0.25, -0.2) is 0 Å². The van der Waals surface area contributed by atoms with Crippen LogP contribution in [0.25, 0.3) is 0 Å². The van der Waals surface area contributed by atoms with Crippen LogP contribution in [0.4, 0.5) is 0 Å². The number of thioether (sulfide) groups is 1. The van der Waals surface area contributed by atoms with Crippen molar-refractivity contribution in [3.05, 3.63) is 58.7 Å². The van der Waals surface area contributed by atoms with Crippen molar-refractivity contribution in [2.45, 2.75) is 38.3 Å². The lowest BCUT2D eigenvalue weighted by Gasteiger charge is -2.02. The number of aryl methyl sites for hydroxylation is 3. The summed E-state index contributed by atoms with van der Waals surface area (Å²) >= 11 is 1.56. The number of nitrogens with zero attached hydrogens (tertiary/aromatic N) is 4. The summed E-state index contributed by atoms with van der Waals surface area (Å²) in [4.78, 5) is 0. The summed E-state index contributed by atoms with van der Waals surface area (Å²) in [6.07, 6.45) is 0. The highest BCUT2D eigenvalue weighted by molar-refractivity contribution is 7.98. The van der Waals surface area contributed by atoms with Crippen molar-refractivity contribution in [2.75, 3.05) is 0 Å². The second-order valence-corrected chi connectivity index (χ2v) is 6.19. The van der Waals surface area contributed by atoms with E-state index >= 15 is 0 Å². The SMILES string of the molecule is Cc1cc(C)n(Cc2nnc(SCc3ccccc3C)o2)n1. The summed E-state index contributed by atoms with van der Waals surface area (Å²) in [5.41, 5.74) is 4.64. The number of hydrogen-bond donors (Lipinski definition) is 0. The van der Waals surface area contributed by atoms with Crippen molar-refractivity contribution in [1.82, 2.24) is 20.0 Å². The summed E-state index contributed by atoms with van der Waals surface area (Å²) in [6.45, 7) is 6.61. The summed E-state index contributed by atoms with van der Waals surface area (Å²) in [5, 5.41) is 13.2.